The topological polar surface area (TPSA) is 20.2 Å². The maximum absolute atomic E-state index is 12.3. The molecule has 0 heterocycles. The molecule has 1 N–H and O–H groups in total. The first-order chi connectivity index (χ1) is 4.95. The molecular weight excluding hydrogens is 157 g/mol. The van der Waals surface area contributed by atoms with Gasteiger partial charge in [0.2, 0.25) is 0 Å². The normalized spacial score (nSPS) is 15.7. The molecule has 0 fully saturated rings. The van der Waals surface area contributed by atoms with Crippen molar-refractivity contribution in [1.29, 1.82) is 0 Å². The number of rotatable bonds is 3. The summed E-state index contributed by atoms with van der Waals surface area (Å²) in [6.45, 7) is 3.83. The molecule has 1 nitrogen and oxygen atoms in total. The van der Waals surface area contributed by atoms with Gasteiger partial charge in [-0.2, -0.15) is 0 Å². The van der Waals surface area contributed by atoms with Crippen LogP contribution in [-0.4, -0.2) is 11.2 Å². The molecule has 0 bridgehead atoms. The van der Waals surface area contributed by atoms with Gasteiger partial charge in [0.1, 0.15) is 5.83 Å². The van der Waals surface area contributed by atoms with Crippen molar-refractivity contribution in [2.24, 2.45) is 0 Å². The summed E-state index contributed by atoms with van der Waals surface area (Å²) >= 11 is 0. The van der Waals surface area contributed by atoms with Gasteiger partial charge in [-0.05, 0) is 6.92 Å². The molecule has 0 saturated carbocycles. The van der Waals surface area contributed by atoms with Crippen LogP contribution in [0.2, 0.25) is 0 Å². The van der Waals surface area contributed by atoms with Crippen molar-refractivity contribution in [3.63, 3.8) is 0 Å². The average molecular weight is 166 g/mol. The Morgan fingerprint density at radius 3 is 2.18 bits per heavy atom. The molecule has 64 valence electrons. The number of hydrogen-bond donors (Lipinski definition) is 1. The van der Waals surface area contributed by atoms with Gasteiger partial charge < -0.3 is 5.11 Å². The summed E-state index contributed by atoms with van der Waals surface area (Å²) in [5.41, 5.74) is 0. The van der Waals surface area contributed by atoms with Crippen LogP contribution in [0.15, 0.2) is 24.1 Å². The third-order valence-corrected chi connectivity index (χ3v) is 0.951. The number of hydrogen-bond acceptors (Lipinski definition) is 1. The van der Waals surface area contributed by atoms with Crippen molar-refractivity contribution in [1.82, 2.24) is 0 Å². The molecule has 0 spiro atoms. The Labute approximate surface area is 62.8 Å². The number of halogens is 3. The predicted molar refractivity (Wildman–Crippen MR) is 35.8 cm³/mol. The van der Waals surface area contributed by atoms with Gasteiger partial charge >= 0.3 is 0 Å². The van der Waals surface area contributed by atoms with Crippen LogP contribution in [0.4, 0.5) is 13.2 Å². The van der Waals surface area contributed by atoms with Gasteiger partial charge in [0.15, 0.2) is 11.7 Å². The van der Waals surface area contributed by atoms with Gasteiger partial charge in [-0.15, -0.1) is 0 Å². The fourth-order valence-electron chi connectivity index (χ4n) is 0.496. The van der Waals surface area contributed by atoms with Gasteiger partial charge in [0.05, 0.1) is 6.10 Å². The highest BCUT2D eigenvalue weighted by atomic mass is 19.2. The van der Waals surface area contributed by atoms with Crippen molar-refractivity contribution in [3.8, 4) is 0 Å². The van der Waals surface area contributed by atoms with Gasteiger partial charge in [0.25, 0.3) is 0 Å². The highest BCUT2D eigenvalue weighted by Gasteiger charge is 2.11. The van der Waals surface area contributed by atoms with Crippen molar-refractivity contribution in [2.75, 3.05) is 0 Å². The Balaban J connectivity index is 4.28. The largest absolute Gasteiger partial charge is 0.393 e. The first-order valence-electron chi connectivity index (χ1n) is 3.02. The van der Waals surface area contributed by atoms with Crippen LogP contribution in [0, 0.1) is 0 Å². The average Bonchev–Trinajstić information content (AvgIpc) is 1.84. The van der Waals surface area contributed by atoms with E-state index in [0.717, 1.165) is 0 Å². The first kappa shape index (κ1) is 10.2. The van der Waals surface area contributed by atoms with Crippen LogP contribution in [0.5, 0.6) is 0 Å². The van der Waals surface area contributed by atoms with E-state index in [1.165, 1.54) is 6.92 Å². The fourth-order valence-corrected chi connectivity index (χ4v) is 0.496. The second-order valence-corrected chi connectivity index (χ2v) is 2.18. The Morgan fingerprint density at radius 1 is 1.45 bits per heavy atom. The zero-order valence-electron chi connectivity index (χ0n) is 6.07. The maximum atomic E-state index is 12.3. The third kappa shape index (κ3) is 3.83. The molecule has 0 aromatic carbocycles. The number of aliphatic hydroxyl groups excluding tert-OH is 1. The van der Waals surface area contributed by atoms with E-state index in [2.05, 4.69) is 6.58 Å². The number of aliphatic hydroxyl groups is 1. The zero-order valence-corrected chi connectivity index (χ0v) is 6.07. The lowest BCUT2D eigenvalue weighted by atomic mass is 10.2. The molecule has 1 atom stereocenters. The van der Waals surface area contributed by atoms with Gasteiger partial charge in [-0.25, -0.2) is 13.2 Å². The monoisotopic (exact) mass is 166 g/mol. The summed E-state index contributed by atoms with van der Waals surface area (Å²) < 4.78 is 36.4. The van der Waals surface area contributed by atoms with E-state index in [-0.39, 0.29) is 0 Å². The van der Waals surface area contributed by atoms with Gasteiger partial charge in [-0.1, -0.05) is 6.58 Å². The van der Waals surface area contributed by atoms with E-state index in [9.17, 15) is 13.2 Å². The van der Waals surface area contributed by atoms with E-state index >= 15 is 0 Å². The summed E-state index contributed by atoms with van der Waals surface area (Å²) in [6, 6.07) is 0. The van der Waals surface area contributed by atoms with Crippen molar-refractivity contribution >= 4 is 0 Å². The molecule has 0 radical (unpaired) electrons. The maximum Gasteiger partial charge on any atom is 0.189 e. The minimum Gasteiger partial charge on any atom is -0.393 e. The molecule has 0 aromatic rings. The second kappa shape index (κ2) is 4.18. The highest BCUT2D eigenvalue weighted by molar-refractivity contribution is 5.18. The molecule has 0 aliphatic carbocycles. The lowest BCUT2D eigenvalue weighted by Gasteiger charge is -2.00. The van der Waals surface area contributed by atoms with Crippen molar-refractivity contribution < 1.29 is 18.3 Å². The Bertz CT molecular complexity index is 184. The van der Waals surface area contributed by atoms with E-state index < -0.39 is 30.0 Å². The molecule has 0 saturated heterocycles. The van der Waals surface area contributed by atoms with Crippen LogP contribution < -0.4 is 0 Å². The molecule has 0 amide bonds. The van der Waals surface area contributed by atoms with Crippen LogP contribution in [0.1, 0.15) is 13.3 Å². The second-order valence-electron chi connectivity index (χ2n) is 2.18. The van der Waals surface area contributed by atoms with Crippen molar-refractivity contribution in [3.05, 3.63) is 24.1 Å². The van der Waals surface area contributed by atoms with Crippen LogP contribution in [0.3, 0.4) is 0 Å². The molecule has 4 heteroatoms. The summed E-state index contributed by atoms with van der Waals surface area (Å²) in [5.74, 6) is -4.39. The van der Waals surface area contributed by atoms with Crippen LogP contribution in [-0.2, 0) is 0 Å². The van der Waals surface area contributed by atoms with E-state index in [1.54, 1.807) is 0 Å². The molecular formula is C7H9F3O. The minimum atomic E-state index is -1.62. The van der Waals surface area contributed by atoms with Gasteiger partial charge in [0, 0.05) is 6.42 Å². The van der Waals surface area contributed by atoms with Crippen LogP contribution in [0.25, 0.3) is 0 Å². The summed E-state index contributed by atoms with van der Waals surface area (Å²) in [4.78, 5) is 0. The standard InChI is InChI=1S/C7H9F3O/c1-4(11)3-6(9)7(10)5(2)8/h4,11H,2-3H2,1H3/b7-6-. The van der Waals surface area contributed by atoms with E-state index in [1.807, 2.05) is 0 Å². The minimum absolute atomic E-state index is 0.533. The lowest BCUT2D eigenvalue weighted by Crippen LogP contribution is -2.00. The first-order valence-corrected chi connectivity index (χ1v) is 3.02. The number of allylic oxidation sites excluding steroid dienone is 2. The van der Waals surface area contributed by atoms with E-state index in [0.29, 0.717) is 0 Å². The summed E-state index contributed by atoms with van der Waals surface area (Å²) in [6.07, 6.45) is -1.56. The highest BCUT2D eigenvalue weighted by Crippen LogP contribution is 2.20. The molecule has 0 aliphatic rings. The van der Waals surface area contributed by atoms with E-state index in [4.69, 9.17) is 5.11 Å². The quantitative estimate of drug-likeness (QED) is 0.638. The van der Waals surface area contributed by atoms with Crippen LogP contribution >= 0.6 is 0 Å². The summed E-state index contributed by atoms with van der Waals surface area (Å²) in [5, 5.41) is 8.56. The zero-order chi connectivity index (χ0) is 9.02. The Kier molecular flexibility index (Phi) is 3.89. The molecule has 1 unspecified atom stereocenters. The SMILES string of the molecule is C=C(F)/C(F)=C(/F)CC(C)O. The predicted octanol–water partition coefficient (Wildman–Crippen LogP) is 2.39. The molecule has 0 aliphatic heterocycles. The molecule has 0 aromatic heterocycles. The molecule has 11 heavy (non-hydrogen) atoms. The van der Waals surface area contributed by atoms with Crippen molar-refractivity contribution in [2.45, 2.75) is 19.4 Å². The fraction of sp³-hybridized carbons (Fsp3) is 0.429. The third-order valence-electron chi connectivity index (χ3n) is 0.951. The molecule has 0 rings (SSSR count). The summed E-state index contributed by atoms with van der Waals surface area (Å²) in [7, 11) is 0. The lowest BCUT2D eigenvalue weighted by molar-refractivity contribution is 0.185. The smallest absolute Gasteiger partial charge is 0.189 e. The Morgan fingerprint density at radius 2 is 1.91 bits per heavy atom. The van der Waals surface area contributed by atoms with Gasteiger partial charge in [-0.3, -0.25) is 0 Å². The Hall–Kier alpha value is -0.770.